The Morgan fingerprint density at radius 2 is 1.52 bits per heavy atom. The number of carbonyl (C=O) groups is 2. The van der Waals surface area contributed by atoms with Gasteiger partial charge in [-0.05, 0) is 18.9 Å². The summed E-state index contributed by atoms with van der Waals surface area (Å²) in [6.45, 7) is 0. The standard InChI is InChI=1S/C21H31N3O5/c1-29-19-14-13-17(24(27)28)15-18(19)23-21(26)20(25)22-16-11-9-7-5-3-2-4-6-8-10-12-16/h13-16H,2-12H2,1H3,(H,22,25)(H,23,26). The lowest BCUT2D eigenvalue weighted by molar-refractivity contribution is -0.384. The first-order chi connectivity index (χ1) is 14.0. The highest BCUT2D eigenvalue weighted by Gasteiger charge is 2.21. The van der Waals surface area contributed by atoms with Crippen LogP contribution >= 0.6 is 0 Å². The van der Waals surface area contributed by atoms with E-state index in [1.54, 1.807) is 0 Å². The van der Waals surface area contributed by atoms with Crippen LogP contribution in [0.25, 0.3) is 0 Å². The van der Waals surface area contributed by atoms with Crippen molar-refractivity contribution >= 4 is 23.2 Å². The number of nitrogens with zero attached hydrogens (tertiary/aromatic N) is 1. The number of nitrogens with one attached hydrogen (secondary N) is 2. The summed E-state index contributed by atoms with van der Waals surface area (Å²) in [7, 11) is 1.39. The minimum absolute atomic E-state index is 0.0281. The van der Waals surface area contributed by atoms with Gasteiger partial charge in [0.2, 0.25) is 0 Å². The molecule has 0 aromatic heterocycles. The van der Waals surface area contributed by atoms with Gasteiger partial charge in [-0.3, -0.25) is 19.7 Å². The van der Waals surface area contributed by atoms with E-state index in [0.717, 1.165) is 38.5 Å². The van der Waals surface area contributed by atoms with E-state index in [1.807, 2.05) is 0 Å². The Labute approximate surface area is 171 Å². The third-order valence-electron chi connectivity index (χ3n) is 5.29. The number of anilines is 1. The maximum atomic E-state index is 12.4. The molecule has 1 aliphatic carbocycles. The summed E-state index contributed by atoms with van der Waals surface area (Å²) >= 11 is 0. The van der Waals surface area contributed by atoms with Crippen molar-refractivity contribution in [1.82, 2.24) is 5.32 Å². The zero-order chi connectivity index (χ0) is 21.1. The number of non-ortho nitro benzene ring substituents is 1. The molecule has 0 aliphatic heterocycles. The number of benzene rings is 1. The predicted octanol–water partition coefficient (Wildman–Crippen LogP) is 4.33. The van der Waals surface area contributed by atoms with E-state index in [2.05, 4.69) is 10.6 Å². The van der Waals surface area contributed by atoms with Gasteiger partial charge in [-0.1, -0.05) is 57.8 Å². The van der Waals surface area contributed by atoms with Crippen molar-refractivity contribution in [2.45, 2.75) is 76.7 Å². The molecule has 1 aromatic carbocycles. The average molecular weight is 405 g/mol. The van der Waals surface area contributed by atoms with Crippen molar-refractivity contribution in [2.24, 2.45) is 0 Å². The van der Waals surface area contributed by atoms with Crippen molar-refractivity contribution in [2.75, 3.05) is 12.4 Å². The summed E-state index contributed by atoms with van der Waals surface area (Å²) in [4.78, 5) is 35.2. The van der Waals surface area contributed by atoms with Crippen LogP contribution in [0.5, 0.6) is 5.75 Å². The fraction of sp³-hybridized carbons (Fsp3) is 0.619. The predicted molar refractivity (Wildman–Crippen MR) is 111 cm³/mol. The van der Waals surface area contributed by atoms with E-state index in [9.17, 15) is 19.7 Å². The number of amides is 2. The quantitative estimate of drug-likeness (QED) is 0.440. The smallest absolute Gasteiger partial charge is 0.313 e. The Morgan fingerprint density at radius 3 is 2.03 bits per heavy atom. The second-order valence-electron chi connectivity index (χ2n) is 7.53. The number of carbonyl (C=O) groups excluding carboxylic acids is 2. The summed E-state index contributed by atoms with van der Waals surface area (Å²) in [5.74, 6) is -1.33. The Bertz CT molecular complexity index is 696. The Hall–Kier alpha value is -2.64. The Kier molecular flexibility index (Phi) is 9.40. The molecule has 0 unspecified atom stereocenters. The molecule has 1 aliphatic rings. The third-order valence-corrected chi connectivity index (χ3v) is 5.29. The lowest BCUT2D eigenvalue weighted by Crippen LogP contribution is -2.42. The molecule has 1 saturated carbocycles. The second kappa shape index (κ2) is 12.0. The van der Waals surface area contributed by atoms with Crippen LogP contribution in [-0.2, 0) is 9.59 Å². The topological polar surface area (TPSA) is 111 Å². The largest absolute Gasteiger partial charge is 0.495 e. The minimum atomic E-state index is -0.852. The minimum Gasteiger partial charge on any atom is -0.495 e. The van der Waals surface area contributed by atoms with Gasteiger partial charge in [-0.2, -0.15) is 0 Å². The number of ether oxygens (including phenoxy) is 1. The first-order valence-corrected chi connectivity index (χ1v) is 10.5. The SMILES string of the molecule is COc1ccc([N+](=O)[O-])cc1NC(=O)C(=O)NC1CCCCCCCCCCC1. The van der Waals surface area contributed by atoms with E-state index in [-0.39, 0.29) is 23.2 Å². The van der Waals surface area contributed by atoms with E-state index in [0.29, 0.717) is 0 Å². The lowest BCUT2D eigenvalue weighted by Gasteiger charge is -2.19. The molecular formula is C21H31N3O5. The van der Waals surface area contributed by atoms with Crippen LogP contribution in [0.4, 0.5) is 11.4 Å². The van der Waals surface area contributed by atoms with E-state index in [1.165, 1.54) is 57.4 Å². The molecule has 2 rings (SSSR count). The first-order valence-electron chi connectivity index (χ1n) is 10.5. The van der Waals surface area contributed by atoms with Gasteiger partial charge >= 0.3 is 11.8 Å². The molecule has 29 heavy (non-hydrogen) atoms. The molecule has 0 heterocycles. The zero-order valence-corrected chi connectivity index (χ0v) is 17.1. The summed E-state index contributed by atoms with van der Waals surface area (Å²) in [6, 6.07) is 3.82. The van der Waals surface area contributed by atoms with Crippen molar-refractivity contribution in [3.05, 3.63) is 28.3 Å². The van der Waals surface area contributed by atoms with Crippen LogP contribution in [0, 0.1) is 10.1 Å². The molecule has 1 aromatic rings. The van der Waals surface area contributed by atoms with E-state index < -0.39 is 16.7 Å². The van der Waals surface area contributed by atoms with Crippen molar-refractivity contribution in [1.29, 1.82) is 0 Å². The highest BCUT2D eigenvalue weighted by molar-refractivity contribution is 6.39. The monoisotopic (exact) mass is 405 g/mol. The summed E-state index contributed by atoms with van der Waals surface area (Å²) in [5, 5.41) is 16.2. The molecule has 0 bridgehead atoms. The van der Waals surface area contributed by atoms with Gasteiger partial charge in [0.15, 0.2) is 0 Å². The molecule has 1 fully saturated rings. The maximum absolute atomic E-state index is 12.4. The molecule has 0 saturated heterocycles. The van der Waals surface area contributed by atoms with Crippen molar-refractivity contribution in [3.8, 4) is 5.75 Å². The lowest BCUT2D eigenvalue weighted by atomic mass is 9.98. The molecule has 160 valence electrons. The zero-order valence-electron chi connectivity index (χ0n) is 17.1. The highest BCUT2D eigenvalue weighted by atomic mass is 16.6. The maximum Gasteiger partial charge on any atom is 0.313 e. The molecule has 8 heteroatoms. The van der Waals surface area contributed by atoms with Gasteiger partial charge in [0.1, 0.15) is 5.75 Å². The number of hydrogen-bond donors (Lipinski definition) is 2. The number of methoxy groups -OCH3 is 1. The van der Waals surface area contributed by atoms with Gasteiger partial charge in [0.05, 0.1) is 17.7 Å². The normalized spacial score (nSPS) is 16.7. The molecule has 8 nitrogen and oxygen atoms in total. The molecular weight excluding hydrogens is 374 g/mol. The Balaban J connectivity index is 1.96. The number of nitro benzene ring substituents is 1. The fourth-order valence-electron chi connectivity index (χ4n) is 3.64. The van der Waals surface area contributed by atoms with Gasteiger partial charge in [-0.15, -0.1) is 0 Å². The van der Waals surface area contributed by atoms with E-state index >= 15 is 0 Å². The van der Waals surface area contributed by atoms with Crippen LogP contribution in [0.2, 0.25) is 0 Å². The van der Waals surface area contributed by atoms with Gasteiger partial charge in [0.25, 0.3) is 5.69 Å². The van der Waals surface area contributed by atoms with Gasteiger partial charge in [-0.25, -0.2) is 0 Å². The first kappa shape index (κ1) is 22.6. The number of nitro groups is 1. The summed E-state index contributed by atoms with van der Waals surface area (Å²) in [6.07, 6.45) is 12.3. The third kappa shape index (κ3) is 7.71. The van der Waals surface area contributed by atoms with Crippen LogP contribution in [0.15, 0.2) is 18.2 Å². The van der Waals surface area contributed by atoms with Crippen molar-refractivity contribution < 1.29 is 19.2 Å². The number of hydrogen-bond acceptors (Lipinski definition) is 5. The van der Waals surface area contributed by atoms with Crippen LogP contribution in [-0.4, -0.2) is 29.9 Å². The van der Waals surface area contributed by atoms with Crippen LogP contribution in [0.1, 0.15) is 70.6 Å². The average Bonchev–Trinajstić information content (AvgIpc) is 2.69. The second-order valence-corrected chi connectivity index (χ2v) is 7.53. The molecule has 2 amide bonds. The molecule has 0 radical (unpaired) electrons. The Morgan fingerprint density at radius 1 is 0.966 bits per heavy atom. The van der Waals surface area contributed by atoms with Crippen LogP contribution in [0.3, 0.4) is 0 Å². The van der Waals surface area contributed by atoms with Crippen molar-refractivity contribution in [3.63, 3.8) is 0 Å². The van der Waals surface area contributed by atoms with E-state index in [4.69, 9.17) is 4.74 Å². The molecule has 2 N–H and O–H groups in total. The van der Waals surface area contributed by atoms with Gasteiger partial charge < -0.3 is 15.4 Å². The summed E-state index contributed by atoms with van der Waals surface area (Å²) in [5.41, 5.74) is -0.0960. The molecule has 0 atom stereocenters. The highest BCUT2D eigenvalue weighted by Crippen LogP contribution is 2.28. The fourth-order valence-corrected chi connectivity index (χ4v) is 3.64. The van der Waals surface area contributed by atoms with Crippen LogP contribution < -0.4 is 15.4 Å². The number of rotatable bonds is 4. The molecule has 0 spiro atoms. The summed E-state index contributed by atoms with van der Waals surface area (Å²) < 4.78 is 5.12. The van der Waals surface area contributed by atoms with Gasteiger partial charge in [0, 0.05) is 18.2 Å².